The molecular weight excluding hydrogens is 729 g/mol. The van der Waals surface area contributed by atoms with Gasteiger partial charge in [-0.25, -0.2) is 19.9 Å². The van der Waals surface area contributed by atoms with Crippen LogP contribution in [0.15, 0.2) is 186 Å². The summed E-state index contributed by atoms with van der Waals surface area (Å²) < 4.78 is 9.00. The molecular formula is C52H30N4OS. The van der Waals surface area contributed by atoms with Gasteiger partial charge in [0.25, 0.3) is 0 Å². The highest BCUT2D eigenvalue weighted by atomic mass is 32.1. The molecule has 12 rings (SSSR count). The number of benzene rings is 8. The van der Waals surface area contributed by atoms with Crippen molar-refractivity contribution in [3.8, 4) is 56.5 Å². The van der Waals surface area contributed by atoms with Gasteiger partial charge in [0.15, 0.2) is 17.5 Å². The Morgan fingerprint density at radius 3 is 1.78 bits per heavy atom. The molecule has 4 aromatic heterocycles. The third-order valence-electron chi connectivity index (χ3n) is 11.1. The Bertz CT molecular complexity index is 3560. The molecule has 0 unspecified atom stereocenters. The van der Waals surface area contributed by atoms with Crippen molar-refractivity contribution in [2.45, 2.75) is 0 Å². The number of hydrogen-bond donors (Lipinski definition) is 0. The predicted octanol–water partition coefficient (Wildman–Crippen LogP) is 14.2. The SMILES string of the molecule is c1ccc(-c2nc(-c3ccc(-c4nc5ccccc5c5c(-c6ccccc6)c6c(cc45)oc4ccccc46)cc3)nc(-c3cccc4c3sc3ccccc34)n2)cc1. The lowest BCUT2D eigenvalue weighted by atomic mass is 9.89. The first-order chi connectivity index (χ1) is 28.7. The van der Waals surface area contributed by atoms with E-state index in [0.717, 1.165) is 87.4 Å². The van der Waals surface area contributed by atoms with E-state index in [1.54, 1.807) is 11.3 Å². The van der Waals surface area contributed by atoms with Crippen molar-refractivity contribution in [1.82, 2.24) is 19.9 Å². The van der Waals surface area contributed by atoms with Gasteiger partial charge < -0.3 is 4.42 Å². The van der Waals surface area contributed by atoms with Crippen molar-refractivity contribution in [3.05, 3.63) is 182 Å². The number of hydrogen-bond acceptors (Lipinski definition) is 6. The Morgan fingerprint density at radius 2 is 0.983 bits per heavy atom. The number of rotatable bonds is 5. The smallest absolute Gasteiger partial charge is 0.165 e. The number of aromatic nitrogens is 4. The van der Waals surface area contributed by atoms with Gasteiger partial charge in [0.05, 0.1) is 11.2 Å². The number of thiophene rings is 1. The summed E-state index contributed by atoms with van der Waals surface area (Å²) in [6.45, 7) is 0. The molecule has 58 heavy (non-hydrogen) atoms. The van der Waals surface area contributed by atoms with E-state index in [0.29, 0.717) is 17.5 Å². The zero-order valence-electron chi connectivity index (χ0n) is 30.9. The molecule has 0 saturated carbocycles. The standard InChI is InChI=1S/C52H30N4OS/c1-3-14-31(15-4-1)45-46-37-19-7-10-23-41(37)53-48(40(46)30-43-47(45)38-20-8-11-24-42(38)57-43)32-26-28-34(29-27-32)51-54-50(33-16-5-2-6-17-33)55-52(56-51)39-22-13-21-36-35-18-9-12-25-44(35)58-49(36)39/h1-30H. The zero-order chi connectivity index (χ0) is 38.2. The minimum Gasteiger partial charge on any atom is -0.456 e. The maximum Gasteiger partial charge on any atom is 0.165 e. The van der Waals surface area contributed by atoms with Gasteiger partial charge in [-0.2, -0.15) is 0 Å². The maximum atomic E-state index is 6.59. The first-order valence-corrected chi connectivity index (χ1v) is 20.1. The van der Waals surface area contributed by atoms with Crippen molar-refractivity contribution < 1.29 is 4.42 Å². The minimum atomic E-state index is 0.611. The van der Waals surface area contributed by atoms with E-state index < -0.39 is 0 Å². The fraction of sp³-hybridized carbons (Fsp3) is 0. The van der Waals surface area contributed by atoms with Gasteiger partial charge in [-0.15, -0.1) is 11.3 Å². The summed E-state index contributed by atoms with van der Waals surface area (Å²) in [5.41, 5.74) is 9.61. The topological polar surface area (TPSA) is 64.7 Å². The predicted molar refractivity (Wildman–Crippen MR) is 240 cm³/mol. The Morgan fingerprint density at radius 1 is 0.379 bits per heavy atom. The van der Waals surface area contributed by atoms with Gasteiger partial charge in [-0.05, 0) is 35.9 Å². The molecule has 0 fully saturated rings. The van der Waals surface area contributed by atoms with Gasteiger partial charge >= 0.3 is 0 Å². The molecule has 0 spiro atoms. The zero-order valence-corrected chi connectivity index (χ0v) is 31.7. The van der Waals surface area contributed by atoms with Gasteiger partial charge in [0.1, 0.15) is 11.2 Å². The van der Waals surface area contributed by atoms with Crippen molar-refractivity contribution in [2.24, 2.45) is 0 Å². The molecule has 8 aromatic carbocycles. The van der Waals surface area contributed by atoms with E-state index in [4.69, 9.17) is 24.4 Å². The molecule has 6 heteroatoms. The van der Waals surface area contributed by atoms with Gasteiger partial charge in [0, 0.05) is 74.9 Å². The molecule has 0 aliphatic heterocycles. The largest absolute Gasteiger partial charge is 0.456 e. The molecule has 0 bridgehead atoms. The van der Waals surface area contributed by atoms with Crippen molar-refractivity contribution in [2.75, 3.05) is 0 Å². The summed E-state index contributed by atoms with van der Waals surface area (Å²) in [6.07, 6.45) is 0. The third-order valence-corrected chi connectivity index (χ3v) is 12.3. The second-order valence-electron chi connectivity index (χ2n) is 14.5. The summed E-state index contributed by atoms with van der Waals surface area (Å²) >= 11 is 1.77. The number of furan rings is 1. The normalized spacial score (nSPS) is 11.8. The van der Waals surface area contributed by atoms with Crippen LogP contribution in [-0.2, 0) is 0 Å². The second kappa shape index (κ2) is 13.0. The van der Waals surface area contributed by atoms with Crippen LogP contribution in [-0.4, -0.2) is 19.9 Å². The summed E-state index contributed by atoms with van der Waals surface area (Å²) in [4.78, 5) is 20.7. The highest BCUT2D eigenvalue weighted by Gasteiger charge is 2.22. The Kier molecular flexibility index (Phi) is 7.33. The average molecular weight is 759 g/mol. The van der Waals surface area contributed by atoms with E-state index in [-0.39, 0.29) is 0 Å². The fourth-order valence-electron chi connectivity index (χ4n) is 8.47. The van der Waals surface area contributed by atoms with Crippen LogP contribution in [0.1, 0.15) is 0 Å². The molecule has 0 atom stereocenters. The lowest BCUT2D eigenvalue weighted by Gasteiger charge is -2.16. The first kappa shape index (κ1) is 32.7. The van der Waals surface area contributed by atoms with Crippen molar-refractivity contribution in [3.63, 3.8) is 0 Å². The summed E-state index contributed by atoms with van der Waals surface area (Å²) in [5.74, 6) is 1.89. The molecule has 0 aliphatic carbocycles. The van der Waals surface area contributed by atoms with Crippen LogP contribution in [0, 0.1) is 0 Å². The molecule has 0 radical (unpaired) electrons. The van der Waals surface area contributed by atoms with Crippen LogP contribution in [0.5, 0.6) is 0 Å². The van der Waals surface area contributed by atoms with Gasteiger partial charge in [-0.3, -0.25) is 0 Å². The highest BCUT2D eigenvalue weighted by Crippen LogP contribution is 2.46. The minimum absolute atomic E-state index is 0.611. The van der Waals surface area contributed by atoms with Crippen molar-refractivity contribution in [1.29, 1.82) is 0 Å². The summed E-state index contributed by atoms with van der Waals surface area (Å²) in [7, 11) is 0. The van der Waals surface area contributed by atoms with E-state index in [2.05, 4.69) is 140 Å². The second-order valence-corrected chi connectivity index (χ2v) is 15.6. The molecule has 0 amide bonds. The summed E-state index contributed by atoms with van der Waals surface area (Å²) in [6, 6.07) is 63.1. The lowest BCUT2D eigenvalue weighted by Crippen LogP contribution is -2.00. The van der Waals surface area contributed by atoms with Crippen LogP contribution >= 0.6 is 11.3 Å². The lowest BCUT2D eigenvalue weighted by molar-refractivity contribution is 0.669. The monoisotopic (exact) mass is 758 g/mol. The average Bonchev–Trinajstić information content (AvgIpc) is 3.87. The third kappa shape index (κ3) is 5.16. The molecule has 270 valence electrons. The number of para-hydroxylation sites is 2. The van der Waals surface area contributed by atoms with E-state index >= 15 is 0 Å². The van der Waals surface area contributed by atoms with Crippen LogP contribution in [0.4, 0.5) is 0 Å². The van der Waals surface area contributed by atoms with Crippen LogP contribution in [0.25, 0.3) is 120 Å². The molecule has 0 N–H and O–H groups in total. The molecule has 4 heterocycles. The Balaban J connectivity index is 1.06. The summed E-state index contributed by atoms with van der Waals surface area (Å²) in [5, 5.41) is 7.93. The van der Waals surface area contributed by atoms with E-state index in [9.17, 15) is 0 Å². The van der Waals surface area contributed by atoms with E-state index in [1.165, 1.54) is 15.5 Å². The van der Waals surface area contributed by atoms with Gasteiger partial charge in [-0.1, -0.05) is 152 Å². The molecule has 12 aromatic rings. The Labute approximate surface area is 336 Å². The van der Waals surface area contributed by atoms with Gasteiger partial charge in [0.2, 0.25) is 0 Å². The van der Waals surface area contributed by atoms with Crippen LogP contribution in [0.2, 0.25) is 0 Å². The first-order valence-electron chi connectivity index (χ1n) is 19.3. The highest BCUT2D eigenvalue weighted by molar-refractivity contribution is 7.26. The van der Waals surface area contributed by atoms with Crippen LogP contribution < -0.4 is 0 Å². The molecule has 0 aliphatic rings. The van der Waals surface area contributed by atoms with Crippen LogP contribution in [0.3, 0.4) is 0 Å². The fourth-order valence-corrected chi connectivity index (χ4v) is 9.68. The Hall–Kier alpha value is -7.54. The number of pyridine rings is 1. The number of nitrogens with zero attached hydrogens (tertiary/aromatic N) is 4. The van der Waals surface area contributed by atoms with Crippen molar-refractivity contribution >= 4 is 75.1 Å². The maximum absolute atomic E-state index is 6.59. The quantitative estimate of drug-likeness (QED) is 0.164. The molecule has 0 saturated heterocycles. The molecule has 5 nitrogen and oxygen atoms in total. The number of fused-ring (bicyclic) bond motifs is 9. The van der Waals surface area contributed by atoms with E-state index in [1.807, 2.05) is 42.5 Å².